The molecular weight excluding hydrogens is 420 g/mol. The number of imide groups is 1. The number of aromatic nitrogens is 1. The average molecular weight is 440 g/mol. The molecule has 166 valence electrons. The lowest BCUT2D eigenvalue weighted by atomic mass is 9.75. The van der Waals surface area contributed by atoms with E-state index in [1.54, 1.807) is 23.6 Å². The molecule has 3 aliphatic heterocycles. The Hall–Kier alpha value is -3.57. The number of nitrogens with zero attached hydrogens (tertiary/aromatic N) is 2. The van der Waals surface area contributed by atoms with E-state index in [0.717, 1.165) is 4.90 Å². The summed E-state index contributed by atoms with van der Waals surface area (Å²) in [4.78, 5) is 65.3. The fraction of sp³-hybridized carbons (Fsp3) is 0.381. The van der Waals surface area contributed by atoms with E-state index in [2.05, 4.69) is 10.6 Å². The molecular formula is C21H20N4O7. The highest BCUT2D eigenvalue weighted by Crippen LogP contribution is 2.53. The Morgan fingerprint density at radius 2 is 1.91 bits per heavy atom. The van der Waals surface area contributed by atoms with Crippen molar-refractivity contribution in [3.8, 4) is 0 Å². The lowest BCUT2D eigenvalue weighted by molar-refractivity contribution is -0.141. The van der Waals surface area contributed by atoms with Gasteiger partial charge >= 0.3 is 5.97 Å². The first-order valence-electron chi connectivity index (χ1n) is 10.1. The van der Waals surface area contributed by atoms with Crippen LogP contribution in [0.25, 0.3) is 10.9 Å². The second-order valence-electron chi connectivity index (χ2n) is 8.28. The van der Waals surface area contributed by atoms with Gasteiger partial charge in [0, 0.05) is 37.1 Å². The molecule has 0 aliphatic carbocycles. The summed E-state index contributed by atoms with van der Waals surface area (Å²) in [7, 11) is 1.31. The van der Waals surface area contributed by atoms with Gasteiger partial charge in [0.1, 0.15) is 11.1 Å². The second-order valence-corrected chi connectivity index (χ2v) is 8.28. The molecule has 32 heavy (non-hydrogen) atoms. The molecule has 3 aliphatic rings. The molecule has 5 rings (SSSR count). The van der Waals surface area contributed by atoms with Gasteiger partial charge in [0.2, 0.25) is 23.2 Å². The molecule has 4 heterocycles. The fourth-order valence-corrected chi connectivity index (χ4v) is 5.50. The molecule has 2 aromatic rings. The fourth-order valence-electron chi connectivity index (χ4n) is 5.50. The van der Waals surface area contributed by atoms with Gasteiger partial charge in [0.05, 0.1) is 29.3 Å². The zero-order chi connectivity index (χ0) is 23.1. The van der Waals surface area contributed by atoms with E-state index >= 15 is 0 Å². The van der Waals surface area contributed by atoms with Crippen molar-refractivity contribution in [1.82, 2.24) is 14.8 Å². The summed E-state index contributed by atoms with van der Waals surface area (Å²) in [6, 6.07) is 2.29. The van der Waals surface area contributed by atoms with Crippen molar-refractivity contribution in [2.45, 2.75) is 25.0 Å². The van der Waals surface area contributed by atoms with Gasteiger partial charge in [-0.25, -0.2) is 4.79 Å². The van der Waals surface area contributed by atoms with Crippen LogP contribution in [0.3, 0.4) is 0 Å². The Morgan fingerprint density at radius 1 is 1.19 bits per heavy atom. The number of carbonyl (C=O) groups excluding carboxylic acids is 3. The lowest BCUT2D eigenvalue weighted by Crippen LogP contribution is -2.53. The molecule has 3 amide bonds. The number of fused-ring (bicyclic) bond motifs is 6. The highest BCUT2D eigenvalue weighted by molar-refractivity contribution is 6.17. The number of carboxylic acids is 1. The molecule has 0 radical (unpaired) electrons. The smallest absolute Gasteiger partial charge is 0.341 e. The van der Waals surface area contributed by atoms with Crippen LogP contribution in [0, 0.1) is 11.8 Å². The molecule has 4 N–H and O–H groups in total. The number of aromatic carboxylic acids is 1. The number of likely N-dealkylation sites (tertiary alicyclic amines) is 1. The third-order valence-electron chi connectivity index (χ3n) is 6.90. The van der Waals surface area contributed by atoms with Gasteiger partial charge in [-0.2, -0.15) is 0 Å². The quantitative estimate of drug-likeness (QED) is 0.445. The van der Waals surface area contributed by atoms with E-state index in [1.165, 1.54) is 13.2 Å². The molecule has 11 nitrogen and oxygen atoms in total. The largest absolute Gasteiger partial charge is 0.477 e. The van der Waals surface area contributed by atoms with Crippen LogP contribution in [-0.2, 0) is 26.5 Å². The predicted molar refractivity (Wildman–Crippen MR) is 110 cm³/mol. The summed E-state index contributed by atoms with van der Waals surface area (Å²) in [5.41, 5.74) is -2.27. The molecule has 4 unspecified atom stereocenters. The van der Waals surface area contributed by atoms with Crippen molar-refractivity contribution >= 4 is 40.3 Å². The van der Waals surface area contributed by atoms with Gasteiger partial charge in [-0.1, -0.05) is 0 Å². The molecule has 0 saturated carbocycles. The number of carbonyl (C=O) groups is 4. The summed E-state index contributed by atoms with van der Waals surface area (Å²) in [6.45, 7) is 1.62. The number of anilines is 1. The van der Waals surface area contributed by atoms with E-state index in [9.17, 15) is 34.2 Å². The number of hydrogen-bond donors (Lipinski definition) is 4. The molecule has 1 aromatic carbocycles. The second kappa shape index (κ2) is 6.47. The van der Waals surface area contributed by atoms with Crippen LogP contribution in [0.4, 0.5) is 5.69 Å². The van der Waals surface area contributed by atoms with Crippen molar-refractivity contribution in [2.75, 3.05) is 19.0 Å². The van der Waals surface area contributed by atoms with Crippen LogP contribution in [0.2, 0.25) is 0 Å². The van der Waals surface area contributed by atoms with Crippen molar-refractivity contribution in [3.05, 3.63) is 39.7 Å². The predicted octanol–water partition coefficient (Wildman–Crippen LogP) is -0.938. The van der Waals surface area contributed by atoms with Gasteiger partial charge in [-0.15, -0.1) is 0 Å². The summed E-state index contributed by atoms with van der Waals surface area (Å²) in [6.07, 6.45) is 1.25. The number of aliphatic hydroxyl groups is 1. The minimum atomic E-state index is -1.80. The van der Waals surface area contributed by atoms with Gasteiger partial charge in [-0.3, -0.25) is 29.4 Å². The monoisotopic (exact) mass is 440 g/mol. The average Bonchev–Trinajstić information content (AvgIpc) is 3.34. The number of aryl methyl sites for hydroxylation is 1. The Morgan fingerprint density at radius 3 is 2.53 bits per heavy atom. The first kappa shape index (κ1) is 20.3. The zero-order valence-electron chi connectivity index (χ0n) is 17.2. The van der Waals surface area contributed by atoms with Gasteiger partial charge in [0.25, 0.3) is 0 Å². The van der Waals surface area contributed by atoms with E-state index in [4.69, 9.17) is 0 Å². The van der Waals surface area contributed by atoms with Crippen LogP contribution in [0.5, 0.6) is 0 Å². The SMILES string of the molecule is CCn1cc(C(=O)O)c(=O)c2c3c(ccc21)NC(=O)C31NC(CO)C2C(=O)N(C)C(=O)C21. The first-order valence-corrected chi connectivity index (χ1v) is 10.1. The number of aliphatic hydroxyl groups excluding tert-OH is 1. The topological polar surface area (TPSA) is 158 Å². The van der Waals surface area contributed by atoms with E-state index in [1.807, 2.05) is 0 Å². The molecule has 2 saturated heterocycles. The third-order valence-corrected chi connectivity index (χ3v) is 6.90. The minimum absolute atomic E-state index is 0.0118. The maximum Gasteiger partial charge on any atom is 0.341 e. The Kier molecular flexibility index (Phi) is 4.11. The van der Waals surface area contributed by atoms with E-state index < -0.39 is 64.7 Å². The molecule has 11 heteroatoms. The molecule has 0 bridgehead atoms. The van der Waals surface area contributed by atoms with Crippen LogP contribution < -0.4 is 16.1 Å². The highest BCUT2D eigenvalue weighted by atomic mass is 16.4. The Balaban J connectivity index is 1.91. The maximum atomic E-state index is 13.4. The molecule has 1 aromatic heterocycles. The highest BCUT2D eigenvalue weighted by Gasteiger charge is 2.70. The molecule has 1 spiro atoms. The number of amides is 3. The van der Waals surface area contributed by atoms with Crippen molar-refractivity contribution in [3.63, 3.8) is 0 Å². The number of benzene rings is 1. The summed E-state index contributed by atoms with van der Waals surface area (Å²) in [5.74, 6) is -5.37. The van der Waals surface area contributed by atoms with Crippen LogP contribution >= 0.6 is 0 Å². The van der Waals surface area contributed by atoms with Crippen LogP contribution in [-0.4, -0.2) is 63.1 Å². The van der Waals surface area contributed by atoms with Crippen molar-refractivity contribution < 1.29 is 29.4 Å². The van der Waals surface area contributed by atoms with Crippen LogP contribution in [0.1, 0.15) is 22.8 Å². The van der Waals surface area contributed by atoms with Gasteiger partial charge in [-0.05, 0) is 19.1 Å². The lowest BCUT2D eigenvalue weighted by Gasteiger charge is -2.29. The number of hydrogen-bond acceptors (Lipinski definition) is 7. The normalized spacial score (nSPS) is 28.5. The molecule has 2 fully saturated rings. The van der Waals surface area contributed by atoms with E-state index in [0.29, 0.717) is 12.1 Å². The van der Waals surface area contributed by atoms with Gasteiger partial charge < -0.3 is 20.1 Å². The number of nitrogens with one attached hydrogen (secondary N) is 2. The number of pyridine rings is 1. The third kappa shape index (κ3) is 2.19. The summed E-state index contributed by atoms with van der Waals surface area (Å²) in [5, 5.41) is 25.2. The summed E-state index contributed by atoms with van der Waals surface area (Å²) >= 11 is 0. The first-order chi connectivity index (χ1) is 15.2. The Labute approximate surface area is 180 Å². The number of carboxylic acid groups (broad SMARTS) is 1. The minimum Gasteiger partial charge on any atom is -0.477 e. The van der Waals surface area contributed by atoms with E-state index in [-0.39, 0.29) is 16.6 Å². The number of rotatable bonds is 3. The Bertz CT molecular complexity index is 1320. The zero-order valence-corrected chi connectivity index (χ0v) is 17.2. The van der Waals surface area contributed by atoms with Crippen molar-refractivity contribution in [2.24, 2.45) is 11.8 Å². The maximum absolute atomic E-state index is 13.4. The van der Waals surface area contributed by atoms with Crippen LogP contribution in [0.15, 0.2) is 23.1 Å². The van der Waals surface area contributed by atoms with Gasteiger partial charge in [0.15, 0.2) is 0 Å². The van der Waals surface area contributed by atoms with Crippen molar-refractivity contribution in [1.29, 1.82) is 0 Å². The summed E-state index contributed by atoms with van der Waals surface area (Å²) < 4.78 is 1.58. The standard InChI is InChI=1S/C21H20N4O7/c1-3-25-6-8(19(30)31)16(27)13-11(25)5-4-9-14(13)21(20(32)22-9)15-12(10(7-26)23-21)17(28)24(2)18(15)29/h4-6,10,12,15,23,26H,3,7H2,1-2H3,(H,22,32)(H,30,31). The molecule has 4 atom stereocenters.